The molecule has 0 saturated carbocycles. The number of nitrogens with one attached hydrogen (secondary N) is 2. The van der Waals surface area contributed by atoms with Gasteiger partial charge >= 0.3 is 12.1 Å². The summed E-state index contributed by atoms with van der Waals surface area (Å²) in [5.41, 5.74) is 5.15. The highest BCUT2D eigenvalue weighted by Gasteiger charge is 2.48. The van der Waals surface area contributed by atoms with Crippen LogP contribution in [0, 0.1) is 0 Å². The first kappa shape index (κ1) is 24.8. The minimum Gasteiger partial charge on any atom is -0.444 e. The molecule has 4 rings (SSSR count). The summed E-state index contributed by atoms with van der Waals surface area (Å²) in [7, 11) is 0. The van der Waals surface area contributed by atoms with Crippen LogP contribution in [-0.4, -0.2) is 75.6 Å². The Labute approximate surface area is 204 Å². The number of rotatable bonds is 5. The van der Waals surface area contributed by atoms with Crippen molar-refractivity contribution in [1.82, 2.24) is 25.7 Å². The molecular formula is C24H33N5O6. The molecule has 0 aliphatic carbocycles. The highest BCUT2D eigenvalue weighted by atomic mass is 16.7. The van der Waals surface area contributed by atoms with E-state index in [4.69, 9.17) is 9.57 Å². The first-order valence-electron chi connectivity index (χ1n) is 12.0. The van der Waals surface area contributed by atoms with E-state index in [1.165, 1.54) is 14.9 Å². The quantitative estimate of drug-likeness (QED) is 0.613. The molecule has 35 heavy (non-hydrogen) atoms. The average Bonchev–Trinajstić information content (AvgIpc) is 3.40. The van der Waals surface area contributed by atoms with Gasteiger partial charge in [0.2, 0.25) is 0 Å². The number of urea groups is 1. The second-order valence-electron chi connectivity index (χ2n) is 10.1. The Kier molecular flexibility index (Phi) is 7.15. The van der Waals surface area contributed by atoms with Gasteiger partial charge in [-0.15, -0.1) is 0 Å². The van der Waals surface area contributed by atoms with Crippen LogP contribution in [0.15, 0.2) is 30.3 Å². The van der Waals surface area contributed by atoms with Crippen molar-refractivity contribution in [3.63, 3.8) is 0 Å². The fourth-order valence-corrected chi connectivity index (χ4v) is 4.66. The molecule has 5 amide bonds. The van der Waals surface area contributed by atoms with Gasteiger partial charge < -0.3 is 9.64 Å². The lowest BCUT2D eigenvalue weighted by molar-refractivity contribution is -0.140. The maximum atomic E-state index is 12.9. The number of benzene rings is 1. The Morgan fingerprint density at radius 3 is 2.37 bits per heavy atom. The van der Waals surface area contributed by atoms with Gasteiger partial charge in [0.15, 0.2) is 0 Å². The Balaban J connectivity index is 1.29. The van der Waals surface area contributed by atoms with Crippen LogP contribution >= 0.6 is 0 Å². The van der Waals surface area contributed by atoms with E-state index in [-0.39, 0.29) is 18.7 Å². The summed E-state index contributed by atoms with van der Waals surface area (Å²) in [4.78, 5) is 59.5. The number of hydrazine groups is 1. The van der Waals surface area contributed by atoms with Crippen LogP contribution in [0.25, 0.3) is 0 Å². The number of ether oxygens (including phenoxy) is 1. The van der Waals surface area contributed by atoms with Gasteiger partial charge in [0.25, 0.3) is 11.8 Å². The van der Waals surface area contributed by atoms with Crippen molar-refractivity contribution in [2.75, 3.05) is 13.1 Å². The maximum Gasteiger partial charge on any atom is 0.410 e. The van der Waals surface area contributed by atoms with Crippen molar-refractivity contribution in [3.05, 3.63) is 35.9 Å². The molecule has 0 spiro atoms. The number of carbonyl (C=O) groups excluding carboxylic acids is 4. The molecule has 2 unspecified atom stereocenters. The van der Waals surface area contributed by atoms with Crippen molar-refractivity contribution in [1.29, 1.82) is 0 Å². The molecule has 0 aromatic heterocycles. The molecule has 3 aliphatic heterocycles. The number of nitrogens with zero attached hydrogens (tertiary/aromatic N) is 3. The Morgan fingerprint density at radius 2 is 1.69 bits per heavy atom. The molecular weight excluding hydrogens is 454 g/mol. The molecule has 3 saturated heterocycles. The minimum atomic E-state index is -0.726. The van der Waals surface area contributed by atoms with Gasteiger partial charge in [0.1, 0.15) is 24.3 Å². The predicted molar refractivity (Wildman–Crippen MR) is 124 cm³/mol. The third-order valence-electron chi connectivity index (χ3n) is 6.33. The first-order valence-corrected chi connectivity index (χ1v) is 12.0. The molecule has 2 bridgehead atoms. The largest absolute Gasteiger partial charge is 0.444 e. The van der Waals surface area contributed by atoms with E-state index in [2.05, 4.69) is 10.9 Å². The highest BCUT2D eigenvalue weighted by molar-refractivity contribution is 5.91. The van der Waals surface area contributed by atoms with Crippen LogP contribution in [0.5, 0.6) is 0 Å². The van der Waals surface area contributed by atoms with Crippen LogP contribution in [-0.2, 0) is 25.8 Å². The van der Waals surface area contributed by atoms with Crippen LogP contribution in [0.2, 0.25) is 0 Å². The van der Waals surface area contributed by atoms with Gasteiger partial charge in [-0.1, -0.05) is 30.3 Å². The van der Waals surface area contributed by atoms with Crippen molar-refractivity contribution >= 4 is 23.9 Å². The lowest BCUT2D eigenvalue weighted by Gasteiger charge is -2.30. The van der Waals surface area contributed by atoms with E-state index in [1.807, 2.05) is 30.3 Å². The van der Waals surface area contributed by atoms with Crippen LogP contribution in [0.4, 0.5) is 9.59 Å². The Bertz CT molecular complexity index is 965. The summed E-state index contributed by atoms with van der Waals surface area (Å²) >= 11 is 0. The number of hydrogen-bond donors (Lipinski definition) is 2. The molecule has 1 aromatic rings. The van der Waals surface area contributed by atoms with Crippen LogP contribution in [0.1, 0.15) is 52.0 Å². The normalized spacial score (nSPS) is 23.9. The molecule has 11 heteroatoms. The third-order valence-corrected chi connectivity index (χ3v) is 6.33. The molecule has 2 N–H and O–H groups in total. The van der Waals surface area contributed by atoms with E-state index < -0.39 is 35.6 Å². The number of likely N-dealkylation sites (tertiary alicyclic amines) is 1. The fraction of sp³-hybridized carbons (Fsp3) is 0.583. The molecule has 0 radical (unpaired) electrons. The van der Waals surface area contributed by atoms with Crippen molar-refractivity contribution in [3.8, 4) is 0 Å². The molecule has 190 valence electrons. The average molecular weight is 488 g/mol. The Morgan fingerprint density at radius 1 is 1.00 bits per heavy atom. The Hall–Kier alpha value is -3.34. The highest BCUT2D eigenvalue weighted by Crippen LogP contribution is 2.30. The summed E-state index contributed by atoms with van der Waals surface area (Å²) in [5.74, 6) is -0.965. The van der Waals surface area contributed by atoms with E-state index in [0.717, 1.165) is 5.56 Å². The number of piperidine rings is 1. The number of hydrogen-bond acceptors (Lipinski definition) is 6. The van der Waals surface area contributed by atoms with Gasteiger partial charge in [-0.2, -0.15) is 5.06 Å². The zero-order chi connectivity index (χ0) is 25.2. The van der Waals surface area contributed by atoms with Crippen LogP contribution in [0.3, 0.4) is 0 Å². The summed E-state index contributed by atoms with van der Waals surface area (Å²) in [6.45, 7) is 6.34. The van der Waals surface area contributed by atoms with E-state index in [0.29, 0.717) is 38.8 Å². The van der Waals surface area contributed by atoms with E-state index >= 15 is 0 Å². The molecule has 3 heterocycles. The number of fused-ring (bicyclic) bond motifs is 2. The van der Waals surface area contributed by atoms with Crippen molar-refractivity contribution in [2.24, 2.45) is 0 Å². The number of carbonyl (C=O) groups is 4. The van der Waals surface area contributed by atoms with Crippen molar-refractivity contribution < 1.29 is 28.8 Å². The lowest BCUT2D eigenvalue weighted by atomic mass is 10.0. The van der Waals surface area contributed by atoms with Gasteiger partial charge in [0, 0.05) is 13.1 Å². The number of amides is 5. The SMILES string of the molecule is CC(C)(C)OC(=O)N1CCCC1C(=O)NNC(=O)C1CC[C@@H]2CN1C(=O)N2OCc1ccccc1. The zero-order valence-corrected chi connectivity index (χ0v) is 20.4. The summed E-state index contributed by atoms with van der Waals surface area (Å²) in [5, 5.41) is 1.36. The minimum absolute atomic E-state index is 0.120. The summed E-state index contributed by atoms with van der Waals surface area (Å²) in [6.07, 6.45) is 1.65. The zero-order valence-electron chi connectivity index (χ0n) is 20.4. The molecule has 3 atom stereocenters. The van der Waals surface area contributed by atoms with Gasteiger partial charge in [-0.05, 0) is 52.0 Å². The van der Waals surface area contributed by atoms with E-state index in [9.17, 15) is 19.2 Å². The van der Waals surface area contributed by atoms with Gasteiger partial charge in [-0.25, -0.2) is 9.59 Å². The molecule has 1 aromatic carbocycles. The molecule has 3 fully saturated rings. The fourth-order valence-electron chi connectivity index (χ4n) is 4.66. The predicted octanol–water partition coefficient (Wildman–Crippen LogP) is 1.93. The topological polar surface area (TPSA) is 121 Å². The van der Waals surface area contributed by atoms with Gasteiger partial charge in [-0.3, -0.25) is 30.2 Å². The second-order valence-corrected chi connectivity index (χ2v) is 10.1. The lowest BCUT2D eigenvalue weighted by Crippen LogP contribution is -2.57. The van der Waals surface area contributed by atoms with E-state index in [1.54, 1.807) is 20.8 Å². The third kappa shape index (κ3) is 5.67. The molecule has 3 aliphatic rings. The first-order chi connectivity index (χ1) is 16.6. The van der Waals surface area contributed by atoms with Crippen LogP contribution < -0.4 is 10.9 Å². The smallest absolute Gasteiger partial charge is 0.410 e. The standard InChI is InChI=1S/C24H33N5O6/c1-24(2,3)35-23(33)27-13-7-10-18(27)20(30)25-26-21(31)19-12-11-17-14-28(19)22(32)29(17)34-15-16-8-5-4-6-9-16/h4-6,8-9,17-19H,7,10-15H2,1-3H3,(H,25,30)(H,26,31)/t17-,18?,19?/m1/s1. The van der Waals surface area contributed by atoms with Gasteiger partial charge in [0.05, 0.1) is 6.04 Å². The van der Waals surface area contributed by atoms with Crippen molar-refractivity contribution in [2.45, 2.75) is 76.8 Å². The summed E-state index contributed by atoms with van der Waals surface area (Å²) < 4.78 is 5.38. The molecule has 11 nitrogen and oxygen atoms in total. The summed E-state index contributed by atoms with van der Waals surface area (Å²) in [6, 6.07) is 7.63. The maximum absolute atomic E-state index is 12.9. The monoisotopic (exact) mass is 487 g/mol. The second kappa shape index (κ2) is 10.1. The number of hydroxylamine groups is 2.